The molecule has 1 aliphatic heterocycles. The van der Waals surface area contributed by atoms with Crippen LogP contribution in [0.4, 0.5) is 8.78 Å². The molecule has 2 rings (SSSR count). The first-order chi connectivity index (χ1) is 12.5. The molecule has 0 aliphatic carbocycles. The van der Waals surface area contributed by atoms with E-state index in [1.54, 1.807) is 13.0 Å². The monoisotopic (exact) mass is 405 g/mol. The summed E-state index contributed by atoms with van der Waals surface area (Å²) in [5, 5.41) is 0.0171. The molecule has 144 valence electrons. The lowest BCUT2D eigenvalue weighted by Gasteiger charge is -2.36. The zero-order chi connectivity index (χ0) is 19.1. The van der Waals surface area contributed by atoms with Gasteiger partial charge in [-0.3, -0.25) is 4.90 Å². The number of ether oxygens (including phenoxy) is 1. The molecule has 1 aromatic rings. The number of nitrogens with two attached hydrogens (primary N) is 1. The average Bonchev–Trinajstić information content (AvgIpc) is 3.12. The number of nitrogens with zero attached hydrogens (tertiary/aromatic N) is 4. The first-order valence-electron chi connectivity index (χ1n) is 8.19. The molecule has 1 aromatic heterocycles. The van der Waals surface area contributed by atoms with Crippen molar-refractivity contribution < 1.29 is 13.5 Å². The van der Waals surface area contributed by atoms with Crippen molar-refractivity contribution in [3.05, 3.63) is 28.0 Å². The van der Waals surface area contributed by atoms with Gasteiger partial charge in [-0.25, -0.2) is 18.8 Å². The number of likely N-dealkylation sites (tertiary alicyclic amines) is 1. The molecule has 0 aromatic carbocycles. The van der Waals surface area contributed by atoms with Gasteiger partial charge in [-0.05, 0) is 44.2 Å². The number of thiazole rings is 1. The Balaban J connectivity index is 1.98. The quantitative estimate of drug-likeness (QED) is 0.324. The lowest BCUT2D eigenvalue weighted by molar-refractivity contribution is 0.0348. The van der Waals surface area contributed by atoms with Gasteiger partial charge >= 0.3 is 0 Å². The lowest BCUT2D eigenvalue weighted by atomic mass is 10.0. The van der Waals surface area contributed by atoms with Gasteiger partial charge in [0.1, 0.15) is 11.8 Å². The molecule has 2 heterocycles. The summed E-state index contributed by atoms with van der Waals surface area (Å²) in [5.74, 6) is 0.388. The predicted molar refractivity (Wildman–Crippen MR) is 101 cm³/mol. The number of aromatic nitrogens is 1. The Labute approximate surface area is 160 Å². The fourth-order valence-corrected chi connectivity index (χ4v) is 3.89. The van der Waals surface area contributed by atoms with Crippen molar-refractivity contribution in [1.82, 2.24) is 9.88 Å². The molecule has 26 heavy (non-hydrogen) atoms. The maximum Gasteiger partial charge on any atom is 0.281 e. The first kappa shape index (κ1) is 20.9. The zero-order valence-corrected chi connectivity index (χ0v) is 16.0. The van der Waals surface area contributed by atoms with Crippen LogP contribution in [0.5, 0.6) is 0 Å². The largest absolute Gasteiger partial charge is 0.474 e. The second-order valence-electron chi connectivity index (χ2n) is 5.67. The Bertz CT molecular complexity index is 659. The van der Waals surface area contributed by atoms with Crippen LogP contribution in [0, 0.1) is 0 Å². The van der Waals surface area contributed by atoms with E-state index in [0.717, 1.165) is 12.8 Å². The summed E-state index contributed by atoms with van der Waals surface area (Å²) in [6, 6.07) is -0.258. The molecular formula is C16H22ClF2N5OS. The Kier molecular flexibility index (Phi) is 8.08. The Morgan fingerprint density at radius 3 is 2.81 bits per heavy atom. The van der Waals surface area contributed by atoms with Crippen LogP contribution >= 0.6 is 22.9 Å². The molecule has 0 unspecified atom stereocenters. The molecule has 2 N–H and O–H groups in total. The van der Waals surface area contributed by atoms with E-state index >= 15 is 0 Å². The topological polar surface area (TPSA) is 76.1 Å². The van der Waals surface area contributed by atoms with Gasteiger partial charge in [0.2, 0.25) is 11.2 Å². The lowest BCUT2D eigenvalue weighted by Crippen LogP contribution is -2.41. The highest BCUT2D eigenvalue weighted by Crippen LogP contribution is 2.34. The summed E-state index contributed by atoms with van der Waals surface area (Å²) in [6.07, 6.45) is 0.528. The van der Waals surface area contributed by atoms with Gasteiger partial charge in [0.25, 0.3) is 6.43 Å². The van der Waals surface area contributed by atoms with Gasteiger partial charge in [0, 0.05) is 19.6 Å². The van der Waals surface area contributed by atoms with Gasteiger partial charge in [0.05, 0.1) is 16.4 Å². The van der Waals surface area contributed by atoms with Crippen LogP contribution in [-0.2, 0) is 4.74 Å². The van der Waals surface area contributed by atoms with Gasteiger partial charge in [-0.15, -0.1) is 11.3 Å². The molecule has 0 radical (unpaired) electrons. The van der Waals surface area contributed by atoms with Gasteiger partial charge < -0.3 is 10.5 Å². The van der Waals surface area contributed by atoms with E-state index in [-0.39, 0.29) is 29.7 Å². The Morgan fingerprint density at radius 1 is 1.58 bits per heavy atom. The minimum absolute atomic E-state index is 0.0171. The van der Waals surface area contributed by atoms with E-state index in [9.17, 15) is 8.78 Å². The van der Waals surface area contributed by atoms with E-state index in [4.69, 9.17) is 22.1 Å². The van der Waals surface area contributed by atoms with E-state index in [2.05, 4.69) is 26.6 Å². The minimum Gasteiger partial charge on any atom is -0.474 e. The van der Waals surface area contributed by atoms with Gasteiger partial charge in [-0.1, -0.05) is 0 Å². The molecule has 6 nitrogen and oxygen atoms in total. The standard InChI is InChI=1S/C16H22ClF2N5OS/c1-3-12(23-16(17)21-2)25-10-4-6-24(7-5-10)11(8-20)14-13(15(18)19)22-9-26-14/h3,9-11,15H,2,4-8,20H2,1H3/b12-3+,23-16?/t11-/m1/s1. The number of hydrogen-bond acceptors (Lipinski definition) is 6. The molecule has 0 bridgehead atoms. The smallest absolute Gasteiger partial charge is 0.281 e. The third-order valence-corrected chi connectivity index (χ3v) is 5.29. The molecule has 1 fully saturated rings. The van der Waals surface area contributed by atoms with Crippen molar-refractivity contribution in [3.63, 3.8) is 0 Å². The fraction of sp³-hybridized carbons (Fsp3) is 0.562. The van der Waals surface area contributed by atoms with Crippen LogP contribution in [0.2, 0.25) is 0 Å². The molecule has 0 saturated carbocycles. The summed E-state index contributed by atoms with van der Waals surface area (Å²) in [4.78, 5) is 14.0. The highest BCUT2D eigenvalue weighted by Gasteiger charge is 2.30. The van der Waals surface area contributed by atoms with E-state index in [1.807, 2.05) is 0 Å². The van der Waals surface area contributed by atoms with Crippen LogP contribution in [-0.4, -0.2) is 47.6 Å². The molecule has 1 saturated heterocycles. The van der Waals surface area contributed by atoms with Crippen molar-refractivity contribution in [1.29, 1.82) is 0 Å². The summed E-state index contributed by atoms with van der Waals surface area (Å²) >= 11 is 6.98. The van der Waals surface area contributed by atoms with Crippen molar-refractivity contribution in [2.75, 3.05) is 19.6 Å². The summed E-state index contributed by atoms with van der Waals surface area (Å²) in [7, 11) is 0. The van der Waals surface area contributed by atoms with Crippen molar-refractivity contribution in [2.24, 2.45) is 15.7 Å². The summed E-state index contributed by atoms with van der Waals surface area (Å²) < 4.78 is 32.1. The molecule has 10 heteroatoms. The number of alkyl halides is 2. The Morgan fingerprint density at radius 2 is 2.27 bits per heavy atom. The number of halogens is 3. The second-order valence-corrected chi connectivity index (χ2v) is 6.90. The van der Waals surface area contributed by atoms with Crippen LogP contribution in [0.3, 0.4) is 0 Å². The normalized spacial score (nSPS) is 19.0. The van der Waals surface area contributed by atoms with Crippen LogP contribution in [0.1, 0.15) is 42.8 Å². The van der Waals surface area contributed by atoms with E-state index < -0.39 is 6.43 Å². The second kappa shape index (κ2) is 10.1. The summed E-state index contributed by atoms with van der Waals surface area (Å²) in [5.41, 5.74) is 7.16. The van der Waals surface area contributed by atoms with Crippen LogP contribution in [0.25, 0.3) is 0 Å². The number of allylic oxidation sites excluding steroid dienone is 1. The minimum atomic E-state index is -2.59. The third-order valence-electron chi connectivity index (χ3n) is 4.14. The zero-order valence-electron chi connectivity index (χ0n) is 14.4. The number of amidine groups is 1. The van der Waals surface area contributed by atoms with E-state index in [1.165, 1.54) is 16.8 Å². The highest BCUT2D eigenvalue weighted by molar-refractivity contribution is 7.09. The third kappa shape index (κ3) is 5.29. The average molecular weight is 406 g/mol. The fourth-order valence-electron chi connectivity index (χ4n) is 2.86. The number of piperidine rings is 1. The number of aliphatic imine (C=N–C) groups is 2. The van der Waals surface area contributed by atoms with Crippen LogP contribution in [0.15, 0.2) is 27.5 Å². The first-order valence-corrected chi connectivity index (χ1v) is 9.45. The van der Waals surface area contributed by atoms with Crippen LogP contribution < -0.4 is 5.73 Å². The number of hydrogen-bond donors (Lipinski definition) is 1. The number of rotatable bonds is 7. The summed E-state index contributed by atoms with van der Waals surface area (Å²) in [6.45, 7) is 6.72. The Hall–Kier alpha value is -1.42. The maximum atomic E-state index is 13.1. The molecule has 1 aliphatic rings. The molecule has 1 atom stereocenters. The molecule has 0 amide bonds. The SMILES string of the molecule is C=NC(Cl)=N/C(=C\C)OC1CCN([C@H](CN)c2scnc2C(F)F)CC1. The van der Waals surface area contributed by atoms with Crippen molar-refractivity contribution >= 4 is 35.0 Å². The predicted octanol–water partition coefficient (Wildman–Crippen LogP) is 3.72. The van der Waals surface area contributed by atoms with E-state index in [0.29, 0.717) is 23.8 Å². The molecule has 0 spiro atoms. The van der Waals surface area contributed by atoms with Crippen molar-refractivity contribution in [2.45, 2.75) is 38.3 Å². The van der Waals surface area contributed by atoms with Crippen molar-refractivity contribution in [3.8, 4) is 0 Å². The van der Waals surface area contributed by atoms with Gasteiger partial charge in [-0.2, -0.15) is 4.99 Å². The van der Waals surface area contributed by atoms with Gasteiger partial charge in [0.15, 0.2) is 0 Å². The highest BCUT2D eigenvalue weighted by atomic mass is 35.5. The maximum absolute atomic E-state index is 13.1. The molecular weight excluding hydrogens is 384 g/mol.